The van der Waals surface area contributed by atoms with Gasteiger partial charge in [-0.05, 0) is 30.2 Å². The van der Waals surface area contributed by atoms with E-state index in [0.29, 0.717) is 6.54 Å². The maximum atomic E-state index is 12.4. The molecule has 5 heteroatoms. The molecule has 0 saturated carbocycles. The quantitative estimate of drug-likeness (QED) is 0.903. The average Bonchev–Trinajstić information content (AvgIpc) is 2.81. The minimum Gasteiger partial charge on any atom is -0.395 e. The number of carbonyl (C=O) groups is 1. The highest BCUT2D eigenvalue weighted by molar-refractivity contribution is 7.98. The van der Waals surface area contributed by atoms with Crippen molar-refractivity contribution >= 4 is 29.0 Å². The van der Waals surface area contributed by atoms with Crippen molar-refractivity contribution in [3.05, 3.63) is 21.4 Å². The fourth-order valence-corrected chi connectivity index (χ4v) is 4.45. The van der Waals surface area contributed by atoms with Crippen LogP contribution in [-0.2, 0) is 12.2 Å². The Bertz CT molecular complexity index is 388. The van der Waals surface area contributed by atoms with Crippen molar-refractivity contribution in [2.75, 3.05) is 25.4 Å². The Hall–Kier alpha value is -0.520. The molecule has 3 nitrogen and oxygen atoms in total. The first kappa shape index (κ1) is 13.9. The Balaban J connectivity index is 2.13. The van der Waals surface area contributed by atoms with Crippen molar-refractivity contribution < 1.29 is 9.90 Å². The molecule has 2 rings (SSSR count). The third-order valence-electron chi connectivity index (χ3n) is 2.99. The van der Waals surface area contributed by atoms with Gasteiger partial charge < -0.3 is 10.0 Å². The highest BCUT2D eigenvalue weighted by atomic mass is 32.2. The fourth-order valence-electron chi connectivity index (χ4n) is 2.11. The highest BCUT2D eigenvalue weighted by Crippen LogP contribution is 2.32. The van der Waals surface area contributed by atoms with E-state index < -0.39 is 0 Å². The van der Waals surface area contributed by atoms with Gasteiger partial charge in [0.25, 0.3) is 5.91 Å². The van der Waals surface area contributed by atoms with Gasteiger partial charge in [-0.2, -0.15) is 11.8 Å². The summed E-state index contributed by atoms with van der Waals surface area (Å²) in [4.78, 5) is 16.3. The van der Waals surface area contributed by atoms with E-state index in [0.717, 1.165) is 35.8 Å². The predicted molar refractivity (Wildman–Crippen MR) is 77.5 cm³/mol. The van der Waals surface area contributed by atoms with E-state index in [1.54, 1.807) is 16.2 Å². The zero-order valence-corrected chi connectivity index (χ0v) is 12.3. The number of nitrogens with zero attached hydrogens (tertiary/aromatic N) is 1. The van der Waals surface area contributed by atoms with E-state index in [-0.39, 0.29) is 12.5 Å². The largest absolute Gasteiger partial charge is 0.395 e. The summed E-state index contributed by atoms with van der Waals surface area (Å²) in [6.45, 7) is 3.24. The molecule has 0 aliphatic carbocycles. The first-order valence-corrected chi connectivity index (χ1v) is 8.32. The number of fused-ring (bicyclic) bond motifs is 1. The molecular weight excluding hydrogens is 266 g/mol. The van der Waals surface area contributed by atoms with Gasteiger partial charge in [-0.25, -0.2) is 0 Å². The summed E-state index contributed by atoms with van der Waals surface area (Å²) >= 11 is 3.57. The third kappa shape index (κ3) is 3.08. The summed E-state index contributed by atoms with van der Waals surface area (Å²) in [7, 11) is 0. The van der Waals surface area contributed by atoms with Gasteiger partial charge in [0.2, 0.25) is 0 Å². The van der Waals surface area contributed by atoms with Gasteiger partial charge in [-0.3, -0.25) is 4.79 Å². The first-order chi connectivity index (χ1) is 8.76. The van der Waals surface area contributed by atoms with Crippen LogP contribution < -0.4 is 0 Å². The van der Waals surface area contributed by atoms with E-state index in [1.807, 2.05) is 18.7 Å². The predicted octanol–water partition coefficient (Wildman–Crippen LogP) is 2.38. The van der Waals surface area contributed by atoms with Crippen LogP contribution in [0.4, 0.5) is 0 Å². The number of rotatable bonds is 5. The Morgan fingerprint density at radius 2 is 2.33 bits per heavy atom. The summed E-state index contributed by atoms with van der Waals surface area (Å²) < 4.78 is 0. The first-order valence-electron chi connectivity index (χ1n) is 6.35. The summed E-state index contributed by atoms with van der Waals surface area (Å²) in [6.07, 6.45) is 2.01. The van der Waals surface area contributed by atoms with Gasteiger partial charge in [0.15, 0.2) is 0 Å². The second-order valence-corrected chi connectivity index (χ2v) is 6.62. The Morgan fingerprint density at radius 3 is 3.00 bits per heavy atom. The minimum atomic E-state index is 0.0344. The number of aliphatic hydroxyl groups is 1. The van der Waals surface area contributed by atoms with Crippen LogP contribution in [0.15, 0.2) is 6.07 Å². The van der Waals surface area contributed by atoms with Gasteiger partial charge in [0, 0.05) is 23.7 Å². The fraction of sp³-hybridized carbons (Fsp3) is 0.615. The van der Waals surface area contributed by atoms with Crippen molar-refractivity contribution in [1.82, 2.24) is 4.90 Å². The molecule has 0 fully saturated rings. The lowest BCUT2D eigenvalue weighted by atomic mass is 10.2. The summed E-state index contributed by atoms with van der Waals surface area (Å²) in [5.74, 6) is 2.28. The smallest absolute Gasteiger partial charge is 0.264 e. The van der Waals surface area contributed by atoms with Crippen molar-refractivity contribution in [2.45, 2.75) is 25.5 Å². The topological polar surface area (TPSA) is 40.5 Å². The molecule has 0 saturated heterocycles. The number of thioether (sulfide) groups is 1. The minimum absolute atomic E-state index is 0.0344. The molecule has 0 bridgehead atoms. The maximum Gasteiger partial charge on any atom is 0.264 e. The van der Waals surface area contributed by atoms with Gasteiger partial charge in [0.1, 0.15) is 0 Å². The van der Waals surface area contributed by atoms with E-state index in [4.69, 9.17) is 5.11 Å². The Morgan fingerprint density at radius 1 is 1.50 bits per heavy atom. The molecule has 1 amide bonds. The SMILES string of the molecule is CCCN(CCO)C(=O)c1cc2c(s1)CCSC2. The van der Waals surface area contributed by atoms with E-state index in [1.165, 1.54) is 10.4 Å². The molecule has 1 aromatic rings. The Kier molecular flexibility index (Phi) is 5.09. The van der Waals surface area contributed by atoms with Crippen LogP contribution in [0.3, 0.4) is 0 Å². The molecule has 0 aromatic carbocycles. The standard InChI is InChI=1S/C13H19NO2S2/c1-2-4-14(5-6-15)13(16)12-8-10-9-17-7-3-11(10)18-12/h8,15H,2-7,9H2,1H3. The van der Waals surface area contributed by atoms with Crippen LogP contribution >= 0.6 is 23.1 Å². The molecular formula is C13H19NO2S2. The molecule has 100 valence electrons. The normalized spacial score (nSPS) is 14.3. The summed E-state index contributed by atoms with van der Waals surface area (Å²) in [5, 5.41) is 9.03. The molecule has 0 radical (unpaired) electrons. The summed E-state index contributed by atoms with van der Waals surface area (Å²) in [6, 6.07) is 2.05. The van der Waals surface area contributed by atoms with Gasteiger partial charge in [-0.1, -0.05) is 6.92 Å². The summed E-state index contributed by atoms with van der Waals surface area (Å²) in [5.41, 5.74) is 1.33. The van der Waals surface area contributed by atoms with Crippen molar-refractivity contribution in [3.63, 3.8) is 0 Å². The zero-order valence-electron chi connectivity index (χ0n) is 10.6. The van der Waals surface area contributed by atoms with Gasteiger partial charge in [0.05, 0.1) is 11.5 Å². The highest BCUT2D eigenvalue weighted by Gasteiger charge is 2.20. The monoisotopic (exact) mass is 285 g/mol. The molecule has 1 aromatic heterocycles. The van der Waals surface area contributed by atoms with Crippen molar-refractivity contribution in [3.8, 4) is 0 Å². The average molecular weight is 285 g/mol. The Labute approximate surface area is 116 Å². The number of aryl methyl sites for hydroxylation is 1. The van der Waals surface area contributed by atoms with E-state index in [9.17, 15) is 4.79 Å². The molecule has 18 heavy (non-hydrogen) atoms. The second-order valence-electron chi connectivity index (χ2n) is 4.38. The number of carbonyl (C=O) groups excluding carboxylic acids is 1. The lowest BCUT2D eigenvalue weighted by Gasteiger charge is -2.20. The number of amides is 1. The molecule has 1 aliphatic rings. The van der Waals surface area contributed by atoms with Crippen LogP contribution in [0.25, 0.3) is 0 Å². The third-order valence-corrected chi connectivity index (χ3v) is 5.22. The zero-order chi connectivity index (χ0) is 13.0. The van der Waals surface area contributed by atoms with Gasteiger partial charge >= 0.3 is 0 Å². The van der Waals surface area contributed by atoms with Crippen LogP contribution in [0, 0.1) is 0 Å². The van der Waals surface area contributed by atoms with Crippen molar-refractivity contribution in [2.24, 2.45) is 0 Å². The van der Waals surface area contributed by atoms with E-state index in [2.05, 4.69) is 6.07 Å². The second kappa shape index (κ2) is 6.59. The maximum absolute atomic E-state index is 12.4. The molecule has 2 heterocycles. The van der Waals surface area contributed by atoms with Crippen LogP contribution in [0.1, 0.15) is 33.5 Å². The van der Waals surface area contributed by atoms with Gasteiger partial charge in [-0.15, -0.1) is 11.3 Å². The van der Waals surface area contributed by atoms with Crippen molar-refractivity contribution in [1.29, 1.82) is 0 Å². The van der Waals surface area contributed by atoms with Crippen LogP contribution in [-0.4, -0.2) is 41.4 Å². The number of hydrogen-bond donors (Lipinski definition) is 1. The lowest BCUT2D eigenvalue weighted by Crippen LogP contribution is -2.33. The molecule has 0 atom stereocenters. The number of aliphatic hydroxyl groups excluding tert-OH is 1. The number of hydrogen-bond acceptors (Lipinski definition) is 4. The molecule has 1 aliphatic heterocycles. The van der Waals surface area contributed by atoms with Crippen LogP contribution in [0.2, 0.25) is 0 Å². The van der Waals surface area contributed by atoms with E-state index >= 15 is 0 Å². The molecule has 0 unspecified atom stereocenters. The van der Waals surface area contributed by atoms with Crippen LogP contribution in [0.5, 0.6) is 0 Å². The molecule has 0 spiro atoms. The molecule has 1 N–H and O–H groups in total. The lowest BCUT2D eigenvalue weighted by molar-refractivity contribution is 0.0727. The number of thiophene rings is 1.